The topological polar surface area (TPSA) is 57.2 Å². The number of hydrogen-bond donors (Lipinski definition) is 1. The van der Waals surface area contributed by atoms with Crippen LogP contribution in [-0.2, 0) is 0 Å². The maximum atomic E-state index is 11.6. The lowest BCUT2D eigenvalue weighted by Crippen LogP contribution is -2.26. The summed E-state index contributed by atoms with van der Waals surface area (Å²) in [5.41, 5.74) is 7.17. The van der Waals surface area contributed by atoms with Crippen LogP contribution < -0.4 is 16.1 Å². The minimum atomic E-state index is -0.277. The monoisotopic (exact) mass is 216 g/mol. The van der Waals surface area contributed by atoms with Crippen molar-refractivity contribution in [1.29, 1.82) is 0 Å². The van der Waals surface area contributed by atoms with Crippen LogP contribution in [0.2, 0.25) is 0 Å². The summed E-state index contributed by atoms with van der Waals surface area (Å²) in [6, 6.07) is 12.8. The van der Waals surface area contributed by atoms with Gasteiger partial charge in [-0.3, -0.25) is 4.79 Å². The Labute approximate surface area is 92.9 Å². The number of rotatable bonds is 2. The fraction of sp³-hybridized carbons (Fsp3) is 0.0833. The SMILES string of the molecule is COn1c(N)cc(-c2ccccc2)cc1=O. The zero-order chi connectivity index (χ0) is 11.5. The van der Waals surface area contributed by atoms with Gasteiger partial charge in [-0.2, -0.15) is 0 Å². The maximum Gasteiger partial charge on any atom is 0.285 e. The molecule has 0 radical (unpaired) electrons. The van der Waals surface area contributed by atoms with Gasteiger partial charge in [0.25, 0.3) is 5.56 Å². The predicted octanol–water partition coefficient (Wildman–Crippen LogP) is 1.16. The van der Waals surface area contributed by atoms with Crippen molar-refractivity contribution in [2.24, 2.45) is 0 Å². The molecule has 4 nitrogen and oxygen atoms in total. The number of nitrogen functional groups attached to an aromatic ring is 1. The van der Waals surface area contributed by atoms with E-state index in [1.807, 2.05) is 30.3 Å². The van der Waals surface area contributed by atoms with Crippen LogP contribution in [0.5, 0.6) is 0 Å². The molecule has 1 aromatic carbocycles. The van der Waals surface area contributed by atoms with Crippen LogP contribution in [0.15, 0.2) is 47.3 Å². The third-order valence-corrected chi connectivity index (χ3v) is 2.31. The molecule has 0 aliphatic rings. The highest BCUT2D eigenvalue weighted by Gasteiger charge is 2.05. The molecular formula is C12H12N2O2. The van der Waals surface area contributed by atoms with Gasteiger partial charge < -0.3 is 10.6 Å². The average molecular weight is 216 g/mol. The van der Waals surface area contributed by atoms with E-state index in [9.17, 15) is 4.79 Å². The Bertz CT molecular complexity index is 547. The summed E-state index contributed by atoms with van der Waals surface area (Å²) >= 11 is 0. The van der Waals surface area contributed by atoms with Gasteiger partial charge in [0.2, 0.25) is 0 Å². The summed E-state index contributed by atoms with van der Waals surface area (Å²) in [4.78, 5) is 16.5. The molecule has 0 fully saturated rings. The van der Waals surface area contributed by atoms with Crippen LogP contribution >= 0.6 is 0 Å². The number of nitrogens with zero attached hydrogens (tertiary/aromatic N) is 1. The van der Waals surface area contributed by atoms with E-state index >= 15 is 0 Å². The summed E-state index contributed by atoms with van der Waals surface area (Å²) in [6.07, 6.45) is 0. The lowest BCUT2D eigenvalue weighted by Gasteiger charge is -2.08. The van der Waals surface area contributed by atoms with Crippen molar-refractivity contribution in [3.8, 4) is 11.1 Å². The van der Waals surface area contributed by atoms with Gasteiger partial charge in [0.05, 0.1) is 0 Å². The molecule has 0 saturated heterocycles. The van der Waals surface area contributed by atoms with Gasteiger partial charge in [0.15, 0.2) is 0 Å². The smallest absolute Gasteiger partial charge is 0.285 e. The van der Waals surface area contributed by atoms with Crippen LogP contribution in [-0.4, -0.2) is 11.8 Å². The second-order valence-electron chi connectivity index (χ2n) is 3.35. The molecule has 0 saturated carbocycles. The predicted molar refractivity (Wildman–Crippen MR) is 63.1 cm³/mol. The molecule has 16 heavy (non-hydrogen) atoms. The van der Waals surface area contributed by atoms with Crippen molar-refractivity contribution < 1.29 is 4.84 Å². The maximum absolute atomic E-state index is 11.6. The normalized spacial score (nSPS) is 10.1. The Morgan fingerprint density at radius 3 is 2.38 bits per heavy atom. The molecule has 0 amide bonds. The van der Waals surface area contributed by atoms with Crippen LogP contribution in [0.1, 0.15) is 0 Å². The first-order chi connectivity index (χ1) is 7.72. The molecule has 0 bridgehead atoms. The van der Waals surface area contributed by atoms with Crippen molar-refractivity contribution in [1.82, 2.24) is 4.73 Å². The fourth-order valence-corrected chi connectivity index (χ4v) is 1.57. The van der Waals surface area contributed by atoms with E-state index in [1.54, 1.807) is 6.07 Å². The zero-order valence-corrected chi connectivity index (χ0v) is 8.88. The van der Waals surface area contributed by atoms with Gasteiger partial charge >= 0.3 is 0 Å². The molecule has 0 spiro atoms. The summed E-state index contributed by atoms with van der Waals surface area (Å²) in [6.45, 7) is 0. The van der Waals surface area contributed by atoms with Gasteiger partial charge in [0.1, 0.15) is 12.9 Å². The standard InChI is InChI=1S/C12H12N2O2/c1-16-14-11(13)7-10(8-12(14)15)9-5-3-2-4-6-9/h2-8H,13H2,1H3. The largest absolute Gasteiger partial charge is 0.412 e. The summed E-state index contributed by atoms with van der Waals surface area (Å²) in [7, 11) is 1.40. The number of nitrogens with two attached hydrogens (primary N) is 1. The molecule has 2 N–H and O–H groups in total. The summed E-state index contributed by atoms with van der Waals surface area (Å²) in [5.74, 6) is 0.286. The number of benzene rings is 1. The van der Waals surface area contributed by atoms with Crippen molar-refractivity contribution in [2.45, 2.75) is 0 Å². The van der Waals surface area contributed by atoms with Crippen molar-refractivity contribution in [2.75, 3.05) is 12.8 Å². The highest BCUT2D eigenvalue weighted by molar-refractivity contribution is 5.65. The van der Waals surface area contributed by atoms with Crippen LogP contribution in [0.4, 0.5) is 5.82 Å². The third-order valence-electron chi connectivity index (χ3n) is 2.31. The number of hydrogen-bond acceptors (Lipinski definition) is 3. The van der Waals surface area contributed by atoms with Gasteiger partial charge in [-0.15, -0.1) is 4.73 Å². The van der Waals surface area contributed by atoms with E-state index in [1.165, 1.54) is 13.2 Å². The zero-order valence-electron chi connectivity index (χ0n) is 8.88. The number of anilines is 1. The van der Waals surface area contributed by atoms with Crippen LogP contribution in [0.25, 0.3) is 11.1 Å². The Balaban J connectivity index is 2.57. The molecule has 0 aliphatic heterocycles. The highest BCUT2D eigenvalue weighted by Crippen LogP contribution is 2.18. The van der Waals surface area contributed by atoms with Gasteiger partial charge in [0, 0.05) is 6.07 Å². The van der Waals surface area contributed by atoms with Crippen LogP contribution in [0.3, 0.4) is 0 Å². The van der Waals surface area contributed by atoms with Gasteiger partial charge in [-0.25, -0.2) is 0 Å². The first kappa shape index (κ1) is 10.3. The lowest BCUT2D eigenvalue weighted by molar-refractivity contribution is 0.163. The third kappa shape index (κ3) is 1.77. The molecule has 2 rings (SSSR count). The van der Waals surface area contributed by atoms with E-state index in [2.05, 4.69) is 0 Å². The molecule has 0 unspecified atom stereocenters. The quantitative estimate of drug-likeness (QED) is 0.819. The Morgan fingerprint density at radius 2 is 1.81 bits per heavy atom. The van der Waals surface area contributed by atoms with Crippen molar-refractivity contribution in [3.05, 3.63) is 52.8 Å². The molecular weight excluding hydrogens is 204 g/mol. The molecule has 0 aliphatic carbocycles. The second-order valence-corrected chi connectivity index (χ2v) is 3.35. The van der Waals surface area contributed by atoms with Crippen molar-refractivity contribution in [3.63, 3.8) is 0 Å². The molecule has 4 heteroatoms. The highest BCUT2D eigenvalue weighted by atomic mass is 16.7. The molecule has 0 atom stereocenters. The molecule has 2 aromatic rings. The first-order valence-corrected chi connectivity index (χ1v) is 4.85. The van der Waals surface area contributed by atoms with E-state index in [0.717, 1.165) is 15.9 Å². The number of aromatic nitrogens is 1. The van der Waals surface area contributed by atoms with Gasteiger partial charge in [-0.1, -0.05) is 30.3 Å². The molecule has 1 heterocycles. The Kier molecular flexibility index (Phi) is 2.64. The van der Waals surface area contributed by atoms with Crippen LogP contribution in [0, 0.1) is 0 Å². The minimum Gasteiger partial charge on any atom is -0.412 e. The van der Waals surface area contributed by atoms with Crippen molar-refractivity contribution >= 4 is 5.82 Å². The fourth-order valence-electron chi connectivity index (χ4n) is 1.57. The number of pyridine rings is 1. The van der Waals surface area contributed by atoms with E-state index in [4.69, 9.17) is 10.6 Å². The summed E-state index contributed by atoms with van der Waals surface area (Å²) < 4.78 is 1.05. The summed E-state index contributed by atoms with van der Waals surface area (Å²) in [5, 5.41) is 0. The Hall–Kier alpha value is -2.23. The lowest BCUT2D eigenvalue weighted by atomic mass is 10.1. The van der Waals surface area contributed by atoms with E-state index in [0.29, 0.717) is 0 Å². The second kappa shape index (κ2) is 4.10. The Morgan fingerprint density at radius 1 is 1.12 bits per heavy atom. The average Bonchev–Trinajstić information content (AvgIpc) is 2.30. The molecule has 1 aromatic heterocycles. The van der Waals surface area contributed by atoms with E-state index in [-0.39, 0.29) is 11.4 Å². The van der Waals surface area contributed by atoms with Gasteiger partial charge in [-0.05, 0) is 17.2 Å². The molecule has 82 valence electrons. The minimum absolute atomic E-state index is 0.277. The first-order valence-electron chi connectivity index (χ1n) is 4.85. The van der Waals surface area contributed by atoms with E-state index < -0.39 is 0 Å².